The van der Waals surface area contributed by atoms with Crippen LogP contribution in [0.5, 0.6) is 5.75 Å². The quantitative estimate of drug-likeness (QED) is 0.868. The van der Waals surface area contributed by atoms with Crippen molar-refractivity contribution in [1.82, 2.24) is 4.98 Å². The van der Waals surface area contributed by atoms with Crippen molar-refractivity contribution in [1.29, 1.82) is 0 Å². The Kier molecular flexibility index (Phi) is 5.01. The molecule has 0 aliphatic rings. The second-order valence-electron chi connectivity index (χ2n) is 4.10. The number of hydrogen-bond acceptors (Lipinski definition) is 4. The van der Waals surface area contributed by atoms with Crippen molar-refractivity contribution in [2.24, 2.45) is 0 Å². The van der Waals surface area contributed by atoms with Gasteiger partial charge in [-0.3, -0.25) is 10.1 Å². The van der Waals surface area contributed by atoms with Gasteiger partial charge in [-0.1, -0.05) is 11.6 Å². The zero-order valence-corrected chi connectivity index (χ0v) is 14.0. The normalized spacial score (nSPS) is 12.0. The molecule has 0 saturated heterocycles. The van der Waals surface area contributed by atoms with Crippen LogP contribution in [0.4, 0.5) is 5.13 Å². The summed E-state index contributed by atoms with van der Waals surface area (Å²) in [5.74, 6) is 0.313. The minimum Gasteiger partial charge on any atom is -0.480 e. The van der Waals surface area contributed by atoms with Crippen LogP contribution in [-0.4, -0.2) is 17.0 Å². The van der Waals surface area contributed by atoms with E-state index in [9.17, 15) is 4.79 Å². The molecule has 106 valence electrons. The Morgan fingerprint density at radius 3 is 2.90 bits per heavy atom. The number of hydrogen-bond donors (Lipinski definition) is 1. The standard InChI is InChI=1S/C13H12BrClN2O2S/c1-7-6-16-13(20-7)17-12(18)8(2)19-11-4-3-9(15)5-10(11)14/h3-6,8H,1-2H3,(H,16,17,18). The molecule has 0 radical (unpaired) electrons. The summed E-state index contributed by atoms with van der Waals surface area (Å²) >= 11 is 10.6. The maximum absolute atomic E-state index is 12.0. The van der Waals surface area contributed by atoms with Gasteiger partial charge >= 0.3 is 0 Å². The monoisotopic (exact) mass is 374 g/mol. The number of benzene rings is 1. The Labute approximate surface area is 134 Å². The highest BCUT2D eigenvalue weighted by Gasteiger charge is 2.17. The van der Waals surface area contributed by atoms with E-state index in [4.69, 9.17) is 16.3 Å². The van der Waals surface area contributed by atoms with Gasteiger partial charge in [-0.15, -0.1) is 11.3 Å². The van der Waals surface area contributed by atoms with Crippen LogP contribution in [-0.2, 0) is 4.79 Å². The van der Waals surface area contributed by atoms with Crippen molar-refractivity contribution in [3.8, 4) is 5.75 Å². The number of carbonyl (C=O) groups excluding carboxylic acids is 1. The molecule has 1 amide bonds. The second kappa shape index (κ2) is 6.56. The number of amides is 1. The van der Waals surface area contributed by atoms with Crippen LogP contribution in [0, 0.1) is 6.92 Å². The van der Waals surface area contributed by atoms with Gasteiger partial charge in [0.15, 0.2) is 11.2 Å². The van der Waals surface area contributed by atoms with Crippen LogP contribution in [0.3, 0.4) is 0 Å². The van der Waals surface area contributed by atoms with Crippen molar-refractivity contribution in [2.45, 2.75) is 20.0 Å². The topological polar surface area (TPSA) is 51.2 Å². The van der Waals surface area contributed by atoms with Crippen LogP contribution >= 0.6 is 38.9 Å². The third kappa shape index (κ3) is 3.94. The van der Waals surface area contributed by atoms with E-state index in [0.29, 0.717) is 20.4 Å². The highest BCUT2D eigenvalue weighted by molar-refractivity contribution is 9.10. The first-order valence-electron chi connectivity index (χ1n) is 5.80. The number of nitrogens with one attached hydrogen (secondary N) is 1. The lowest BCUT2D eigenvalue weighted by Crippen LogP contribution is -2.30. The van der Waals surface area contributed by atoms with Gasteiger partial charge in [0.1, 0.15) is 5.75 Å². The molecule has 0 fully saturated rings. The number of ether oxygens (including phenoxy) is 1. The molecular formula is C13H12BrClN2O2S. The van der Waals surface area contributed by atoms with Crippen LogP contribution in [0.1, 0.15) is 11.8 Å². The number of halogens is 2. The molecule has 0 aliphatic carbocycles. The van der Waals surface area contributed by atoms with E-state index in [-0.39, 0.29) is 5.91 Å². The number of aryl methyl sites for hydroxylation is 1. The number of nitrogens with zero attached hydrogens (tertiary/aromatic N) is 1. The molecule has 20 heavy (non-hydrogen) atoms. The summed E-state index contributed by atoms with van der Waals surface area (Å²) in [4.78, 5) is 17.1. The molecule has 2 aromatic rings. The van der Waals surface area contributed by atoms with Gasteiger partial charge in [0.05, 0.1) is 4.47 Å². The highest BCUT2D eigenvalue weighted by atomic mass is 79.9. The highest BCUT2D eigenvalue weighted by Crippen LogP contribution is 2.29. The molecule has 0 spiro atoms. The molecule has 0 aliphatic heterocycles. The molecule has 2 rings (SSSR count). The first-order valence-corrected chi connectivity index (χ1v) is 7.79. The van der Waals surface area contributed by atoms with Gasteiger partial charge in [-0.25, -0.2) is 4.98 Å². The molecule has 1 unspecified atom stereocenters. The Morgan fingerprint density at radius 1 is 1.55 bits per heavy atom. The summed E-state index contributed by atoms with van der Waals surface area (Å²) in [5.41, 5.74) is 0. The minimum absolute atomic E-state index is 0.249. The van der Waals surface area contributed by atoms with E-state index in [1.165, 1.54) is 11.3 Å². The van der Waals surface area contributed by atoms with Gasteiger partial charge in [0.25, 0.3) is 5.91 Å². The number of anilines is 1. The van der Waals surface area contributed by atoms with Crippen molar-refractivity contribution in [3.05, 3.63) is 38.8 Å². The van der Waals surface area contributed by atoms with Crippen LogP contribution < -0.4 is 10.1 Å². The molecule has 1 aromatic heterocycles. The Hall–Kier alpha value is -1.11. The zero-order chi connectivity index (χ0) is 14.7. The lowest BCUT2D eigenvalue weighted by molar-refractivity contribution is -0.122. The third-order valence-corrected chi connectivity index (χ3v) is 4.10. The molecule has 4 nitrogen and oxygen atoms in total. The summed E-state index contributed by atoms with van der Waals surface area (Å²) in [6.45, 7) is 3.61. The molecule has 0 saturated carbocycles. The lowest BCUT2D eigenvalue weighted by Gasteiger charge is -2.14. The van der Waals surface area contributed by atoms with E-state index in [2.05, 4.69) is 26.2 Å². The summed E-state index contributed by atoms with van der Waals surface area (Å²) in [6.07, 6.45) is 1.07. The Morgan fingerprint density at radius 2 is 2.30 bits per heavy atom. The fourth-order valence-electron chi connectivity index (χ4n) is 1.43. The number of thiazole rings is 1. The first-order chi connectivity index (χ1) is 9.45. The van der Waals surface area contributed by atoms with Gasteiger partial charge in [-0.05, 0) is 48.0 Å². The minimum atomic E-state index is -0.642. The van der Waals surface area contributed by atoms with Gasteiger partial charge in [0.2, 0.25) is 0 Å². The third-order valence-electron chi connectivity index (χ3n) is 2.42. The van der Waals surface area contributed by atoms with Crippen molar-refractivity contribution >= 4 is 49.9 Å². The molecule has 1 heterocycles. The summed E-state index contributed by atoms with van der Waals surface area (Å²) in [7, 11) is 0. The molecule has 1 aromatic carbocycles. The van der Waals surface area contributed by atoms with E-state index in [1.807, 2.05) is 6.92 Å². The van der Waals surface area contributed by atoms with E-state index in [1.54, 1.807) is 31.3 Å². The fraction of sp³-hybridized carbons (Fsp3) is 0.231. The zero-order valence-electron chi connectivity index (χ0n) is 10.8. The maximum atomic E-state index is 12.0. The predicted molar refractivity (Wildman–Crippen MR) is 84.7 cm³/mol. The maximum Gasteiger partial charge on any atom is 0.266 e. The number of rotatable bonds is 4. The van der Waals surface area contributed by atoms with E-state index < -0.39 is 6.10 Å². The van der Waals surface area contributed by atoms with E-state index >= 15 is 0 Å². The Balaban J connectivity index is 2.00. The van der Waals surface area contributed by atoms with Crippen LogP contribution in [0.15, 0.2) is 28.9 Å². The summed E-state index contributed by atoms with van der Waals surface area (Å²) in [5, 5.41) is 3.88. The van der Waals surface area contributed by atoms with E-state index in [0.717, 1.165) is 4.88 Å². The van der Waals surface area contributed by atoms with Gasteiger partial charge in [0, 0.05) is 16.1 Å². The van der Waals surface area contributed by atoms with Crippen molar-refractivity contribution in [3.63, 3.8) is 0 Å². The summed E-state index contributed by atoms with van der Waals surface area (Å²) < 4.78 is 6.30. The molecule has 0 bridgehead atoms. The second-order valence-corrected chi connectivity index (χ2v) is 6.63. The van der Waals surface area contributed by atoms with Crippen LogP contribution in [0.25, 0.3) is 0 Å². The lowest BCUT2D eigenvalue weighted by atomic mass is 10.3. The predicted octanol–water partition coefficient (Wildman–Crippen LogP) is 4.27. The first kappa shape index (κ1) is 15.3. The summed E-state index contributed by atoms with van der Waals surface area (Å²) in [6, 6.07) is 5.13. The molecule has 1 atom stereocenters. The fourth-order valence-corrected chi connectivity index (χ4v) is 2.88. The molecular weight excluding hydrogens is 364 g/mol. The molecule has 1 N–H and O–H groups in total. The average molecular weight is 376 g/mol. The smallest absolute Gasteiger partial charge is 0.266 e. The van der Waals surface area contributed by atoms with Gasteiger partial charge < -0.3 is 4.74 Å². The molecule has 7 heteroatoms. The number of aromatic nitrogens is 1. The average Bonchev–Trinajstić information content (AvgIpc) is 2.78. The van der Waals surface area contributed by atoms with Crippen molar-refractivity contribution < 1.29 is 9.53 Å². The largest absolute Gasteiger partial charge is 0.480 e. The van der Waals surface area contributed by atoms with Crippen LogP contribution in [0.2, 0.25) is 5.02 Å². The Bertz CT molecular complexity index is 633. The van der Waals surface area contributed by atoms with Crippen molar-refractivity contribution in [2.75, 3.05) is 5.32 Å². The SMILES string of the molecule is Cc1cnc(NC(=O)C(C)Oc2ccc(Cl)cc2Br)s1. The van der Waals surface area contributed by atoms with Gasteiger partial charge in [-0.2, -0.15) is 0 Å². The number of carbonyl (C=O) groups is 1.